The Balaban J connectivity index is 0.000000595. The lowest BCUT2D eigenvalue weighted by Crippen LogP contribution is -2.68. The molecule has 0 saturated heterocycles. The maximum absolute atomic E-state index is 12.1. The number of aliphatic imine (C=N–C) groups is 1. The second-order valence-corrected chi connectivity index (χ2v) is 11.2. The van der Waals surface area contributed by atoms with Crippen molar-refractivity contribution >= 4 is 34.7 Å². The van der Waals surface area contributed by atoms with Crippen LogP contribution in [-0.2, 0) is 27.2 Å². The molecule has 1 aromatic rings. The number of carbonyl (C=O) groups excluding carboxylic acids is 2. The molecule has 0 saturated carbocycles. The quantitative estimate of drug-likeness (QED) is 0.199. The highest BCUT2D eigenvalue weighted by Gasteiger charge is 2.39. The molecule has 0 radical (unpaired) electrons. The summed E-state index contributed by atoms with van der Waals surface area (Å²) in [6.45, 7) is 7.04. The van der Waals surface area contributed by atoms with E-state index in [1.165, 1.54) is 36.4 Å². The SMILES string of the molecule is CC(=O)OC1=C2CCC[N+]3=C2C(=CC1=Nc1cc2c4c(c1OC(C)=O)CCCN4CCC2)CCC3.[O-][Cl+3]([O-])([O-])[O-]. The normalized spacial score (nSPS) is 20.7. The zero-order valence-electron chi connectivity index (χ0n) is 22.6. The van der Waals surface area contributed by atoms with Crippen LogP contribution in [0.3, 0.4) is 0 Å². The predicted octanol–water partition coefficient (Wildman–Crippen LogP) is -0.574. The second-order valence-electron chi connectivity index (χ2n) is 10.5. The molecule has 0 amide bonds. The molecule has 12 heteroatoms. The van der Waals surface area contributed by atoms with E-state index in [2.05, 4.69) is 21.6 Å². The maximum Gasteiger partial charge on any atom is 0.308 e. The zero-order valence-corrected chi connectivity index (χ0v) is 23.4. The molecule has 1 aliphatic carbocycles. The van der Waals surface area contributed by atoms with Crippen molar-refractivity contribution in [3.8, 4) is 5.75 Å². The van der Waals surface area contributed by atoms with E-state index in [9.17, 15) is 9.59 Å². The van der Waals surface area contributed by atoms with E-state index >= 15 is 0 Å². The fraction of sp³-hybridized carbons (Fsp3) is 0.500. The van der Waals surface area contributed by atoms with Crippen molar-refractivity contribution < 1.29 is 52.5 Å². The lowest BCUT2D eigenvalue weighted by Gasteiger charge is -2.37. The van der Waals surface area contributed by atoms with Crippen LogP contribution >= 0.6 is 0 Å². The summed E-state index contributed by atoms with van der Waals surface area (Å²) in [7, 11) is -4.94. The van der Waals surface area contributed by atoms with Gasteiger partial charge >= 0.3 is 11.9 Å². The Bertz CT molecular complexity index is 1360. The number of halogens is 1. The number of anilines is 1. The number of hydrogen-bond acceptors (Lipinski definition) is 10. The number of allylic oxidation sites excluding steroid dienone is 3. The average Bonchev–Trinajstić information content (AvgIpc) is 2.87. The highest BCUT2D eigenvalue weighted by molar-refractivity contribution is 6.25. The van der Waals surface area contributed by atoms with Crippen LogP contribution in [0, 0.1) is 10.2 Å². The molecule has 4 heterocycles. The molecular weight excluding hydrogens is 542 g/mol. The van der Waals surface area contributed by atoms with Gasteiger partial charge in [-0.1, -0.05) is 0 Å². The van der Waals surface area contributed by atoms with Gasteiger partial charge in [-0.25, -0.2) is 28.2 Å². The number of rotatable bonds is 3. The predicted molar refractivity (Wildman–Crippen MR) is 134 cm³/mol. The van der Waals surface area contributed by atoms with Crippen LogP contribution in [0.15, 0.2) is 34.0 Å². The number of ether oxygens (including phenoxy) is 2. The smallest absolute Gasteiger partial charge is 0.308 e. The largest absolute Gasteiger partial charge is 0.424 e. The minimum atomic E-state index is -4.94. The van der Waals surface area contributed by atoms with Gasteiger partial charge in [0.15, 0.2) is 11.5 Å². The van der Waals surface area contributed by atoms with E-state index in [0.717, 1.165) is 88.7 Å². The first kappa shape index (κ1) is 28.4. The molecule has 0 aromatic heterocycles. The molecule has 0 atom stereocenters. The standard InChI is InChI=1S/C28H32N3O4.ClHO4/c1-17(32)34-27-21-9-5-13-30-11-3-7-19(25(21)30)15-23(27)29-24-16-20-8-4-12-31-14-6-10-22(26(20)31)28(24)35-18(2)33;2-1(3,4)5/h15-16H,3-14H2,1-2H3;(H,2,3,4,5)/q+1;/p-1. The Hall–Kier alpha value is -3.09. The van der Waals surface area contributed by atoms with Crippen LogP contribution in [0.1, 0.15) is 63.5 Å². The molecule has 0 fully saturated rings. The third kappa shape index (κ3) is 6.13. The van der Waals surface area contributed by atoms with Gasteiger partial charge in [0.25, 0.3) is 0 Å². The van der Waals surface area contributed by atoms with Gasteiger partial charge in [0.1, 0.15) is 24.5 Å². The number of nitrogens with zero attached hydrogens (tertiary/aromatic N) is 3. The van der Waals surface area contributed by atoms with Gasteiger partial charge in [0, 0.05) is 56.6 Å². The van der Waals surface area contributed by atoms with E-state index in [-0.39, 0.29) is 11.9 Å². The van der Waals surface area contributed by atoms with Gasteiger partial charge < -0.3 is 14.4 Å². The molecule has 40 heavy (non-hydrogen) atoms. The minimum absolute atomic E-state index is 0.345. The molecular formula is C28H32ClN3O8. The monoisotopic (exact) mass is 573 g/mol. The third-order valence-electron chi connectivity index (χ3n) is 7.64. The fourth-order valence-corrected chi connectivity index (χ4v) is 6.44. The fourth-order valence-electron chi connectivity index (χ4n) is 6.44. The summed E-state index contributed by atoms with van der Waals surface area (Å²) in [6.07, 6.45) is 10.1. The van der Waals surface area contributed by atoms with E-state index in [1.807, 2.05) is 0 Å². The van der Waals surface area contributed by atoms with Crippen LogP contribution in [-0.4, -0.2) is 54.1 Å². The van der Waals surface area contributed by atoms with Gasteiger partial charge in [0.2, 0.25) is 5.71 Å². The second kappa shape index (κ2) is 11.4. The van der Waals surface area contributed by atoms with Crippen LogP contribution in [0.2, 0.25) is 0 Å². The molecule has 5 aliphatic rings. The summed E-state index contributed by atoms with van der Waals surface area (Å²) in [6, 6.07) is 2.09. The Morgan fingerprint density at radius 3 is 2.25 bits per heavy atom. The van der Waals surface area contributed by atoms with Crippen molar-refractivity contribution in [1.29, 1.82) is 0 Å². The summed E-state index contributed by atoms with van der Waals surface area (Å²) in [4.78, 5) is 31.8. The first-order valence-electron chi connectivity index (χ1n) is 13.6. The van der Waals surface area contributed by atoms with E-state index in [4.69, 9.17) is 33.1 Å². The van der Waals surface area contributed by atoms with Crippen molar-refractivity contribution in [3.05, 3.63) is 40.2 Å². The maximum atomic E-state index is 12.1. The van der Waals surface area contributed by atoms with E-state index < -0.39 is 10.2 Å². The van der Waals surface area contributed by atoms with Crippen molar-refractivity contribution in [2.24, 2.45) is 4.99 Å². The molecule has 214 valence electrons. The Kier molecular flexibility index (Phi) is 8.12. The molecule has 0 bridgehead atoms. The summed E-state index contributed by atoms with van der Waals surface area (Å²) >= 11 is 0. The van der Waals surface area contributed by atoms with Gasteiger partial charge in [0.05, 0.1) is 5.57 Å². The zero-order chi connectivity index (χ0) is 28.6. The number of benzene rings is 1. The van der Waals surface area contributed by atoms with Crippen LogP contribution in [0.4, 0.5) is 11.4 Å². The molecule has 0 unspecified atom stereocenters. The summed E-state index contributed by atoms with van der Waals surface area (Å²) in [5.41, 5.74) is 8.47. The average molecular weight is 574 g/mol. The van der Waals surface area contributed by atoms with Crippen molar-refractivity contribution in [1.82, 2.24) is 0 Å². The molecule has 4 aliphatic heterocycles. The van der Waals surface area contributed by atoms with Gasteiger partial charge in [-0.3, -0.25) is 9.59 Å². The molecule has 1 aromatic carbocycles. The Morgan fingerprint density at radius 2 is 1.57 bits per heavy atom. The van der Waals surface area contributed by atoms with Crippen LogP contribution in [0.25, 0.3) is 0 Å². The lowest BCUT2D eigenvalue weighted by molar-refractivity contribution is -2.00. The van der Waals surface area contributed by atoms with Gasteiger partial charge in [-0.05, 0) is 56.2 Å². The van der Waals surface area contributed by atoms with E-state index in [0.29, 0.717) is 22.9 Å². The summed E-state index contributed by atoms with van der Waals surface area (Å²) < 4.78 is 48.1. The highest BCUT2D eigenvalue weighted by Crippen LogP contribution is 2.46. The number of carbonyl (C=O) groups is 2. The van der Waals surface area contributed by atoms with Crippen LogP contribution < -0.4 is 28.3 Å². The molecule has 0 spiro atoms. The van der Waals surface area contributed by atoms with Crippen molar-refractivity contribution in [3.63, 3.8) is 0 Å². The van der Waals surface area contributed by atoms with E-state index in [1.54, 1.807) is 0 Å². The summed E-state index contributed by atoms with van der Waals surface area (Å²) in [5, 5.41) is 0. The van der Waals surface area contributed by atoms with Gasteiger partial charge in [-0.15, -0.1) is 10.2 Å². The number of esters is 2. The lowest BCUT2D eigenvalue weighted by atomic mass is 9.83. The Morgan fingerprint density at radius 1 is 0.925 bits per heavy atom. The van der Waals surface area contributed by atoms with Crippen LogP contribution in [0.5, 0.6) is 5.75 Å². The first-order chi connectivity index (χ1) is 19.0. The third-order valence-corrected chi connectivity index (χ3v) is 7.64. The molecule has 0 N–H and O–H groups in total. The van der Waals surface area contributed by atoms with Crippen molar-refractivity contribution in [2.45, 2.75) is 65.2 Å². The number of hydrogen-bond donors (Lipinski definition) is 0. The first-order valence-corrected chi connectivity index (χ1v) is 14.8. The summed E-state index contributed by atoms with van der Waals surface area (Å²) in [5.74, 6) is 0.429. The Labute approximate surface area is 234 Å². The topological polar surface area (TPSA) is 163 Å². The minimum Gasteiger partial charge on any atom is -0.424 e. The van der Waals surface area contributed by atoms with Crippen molar-refractivity contribution in [2.75, 3.05) is 31.1 Å². The number of aryl methyl sites for hydroxylation is 1. The molecule has 6 rings (SSSR count). The highest BCUT2D eigenvalue weighted by atomic mass is 35.7. The van der Waals surface area contributed by atoms with Gasteiger partial charge in [-0.2, -0.15) is 0 Å². The molecule has 11 nitrogen and oxygen atoms in total.